The number of benzene rings is 2. The van der Waals surface area contributed by atoms with Crippen LogP contribution in [0.15, 0.2) is 54.6 Å². The zero-order chi connectivity index (χ0) is 17.6. The van der Waals surface area contributed by atoms with E-state index < -0.39 is 11.7 Å². The molecule has 3 nitrogen and oxygen atoms in total. The van der Waals surface area contributed by atoms with Crippen LogP contribution in [-0.2, 0) is 15.7 Å². The van der Waals surface area contributed by atoms with Crippen molar-refractivity contribution in [3.8, 4) is 0 Å². The molecule has 0 aliphatic carbocycles. The molecule has 0 aliphatic rings. The summed E-state index contributed by atoms with van der Waals surface area (Å²) >= 11 is 0. The lowest BCUT2D eigenvalue weighted by atomic mass is 10.0. The van der Waals surface area contributed by atoms with Gasteiger partial charge in [0.15, 0.2) is 0 Å². The monoisotopic (exact) mass is 337 g/mol. The number of nitrogens with one attached hydrogen (secondary N) is 1. The van der Waals surface area contributed by atoms with Crippen LogP contribution in [0.25, 0.3) is 0 Å². The third-order valence-corrected chi connectivity index (χ3v) is 3.43. The van der Waals surface area contributed by atoms with Crippen LogP contribution in [0.5, 0.6) is 0 Å². The predicted molar refractivity (Wildman–Crippen MR) is 85.5 cm³/mol. The summed E-state index contributed by atoms with van der Waals surface area (Å²) in [6.07, 6.45) is -4.29. The van der Waals surface area contributed by atoms with Crippen molar-refractivity contribution in [3.63, 3.8) is 0 Å². The average Bonchev–Trinajstić information content (AvgIpc) is 2.55. The summed E-state index contributed by atoms with van der Waals surface area (Å²) in [5, 5.41) is 3.10. The number of carbonyl (C=O) groups is 1. The van der Waals surface area contributed by atoms with Gasteiger partial charge in [0, 0.05) is 5.69 Å². The largest absolute Gasteiger partial charge is 0.466 e. The number of alkyl halides is 3. The number of rotatable bonds is 6. The van der Waals surface area contributed by atoms with Crippen molar-refractivity contribution in [1.82, 2.24) is 0 Å². The molecule has 0 unspecified atom stereocenters. The summed E-state index contributed by atoms with van der Waals surface area (Å²) in [7, 11) is 0. The second kappa shape index (κ2) is 7.86. The SMILES string of the molecule is CCOC(=O)C[C@@H](Nc1ccc(C(F)(F)F)cc1)c1ccccc1. The van der Waals surface area contributed by atoms with Gasteiger partial charge >= 0.3 is 12.1 Å². The van der Waals surface area contributed by atoms with Gasteiger partial charge in [-0.1, -0.05) is 30.3 Å². The van der Waals surface area contributed by atoms with Crippen LogP contribution in [0.3, 0.4) is 0 Å². The van der Waals surface area contributed by atoms with Gasteiger partial charge in [-0.05, 0) is 36.8 Å². The van der Waals surface area contributed by atoms with Gasteiger partial charge in [0.1, 0.15) is 0 Å². The molecule has 0 saturated carbocycles. The number of halogens is 3. The highest BCUT2D eigenvalue weighted by Gasteiger charge is 2.30. The maximum atomic E-state index is 12.6. The number of hydrogen-bond donors (Lipinski definition) is 1. The highest BCUT2D eigenvalue weighted by atomic mass is 19.4. The number of ether oxygens (including phenoxy) is 1. The van der Waals surface area contributed by atoms with E-state index in [1.54, 1.807) is 6.92 Å². The Labute approximate surface area is 138 Å². The van der Waals surface area contributed by atoms with E-state index in [1.165, 1.54) is 12.1 Å². The summed E-state index contributed by atoms with van der Waals surface area (Å²) in [5.41, 5.74) is 0.640. The van der Waals surface area contributed by atoms with E-state index in [1.807, 2.05) is 30.3 Å². The fourth-order valence-corrected chi connectivity index (χ4v) is 2.28. The molecule has 24 heavy (non-hydrogen) atoms. The van der Waals surface area contributed by atoms with E-state index in [2.05, 4.69) is 5.32 Å². The molecule has 0 bridgehead atoms. The minimum atomic E-state index is -4.37. The van der Waals surface area contributed by atoms with Gasteiger partial charge in [-0.15, -0.1) is 0 Å². The summed E-state index contributed by atoms with van der Waals surface area (Å²) in [6, 6.07) is 13.5. The van der Waals surface area contributed by atoms with Crippen LogP contribution in [-0.4, -0.2) is 12.6 Å². The topological polar surface area (TPSA) is 38.3 Å². The molecule has 0 aliphatic heterocycles. The van der Waals surface area contributed by atoms with Crippen molar-refractivity contribution in [1.29, 1.82) is 0 Å². The maximum Gasteiger partial charge on any atom is 0.416 e. The van der Waals surface area contributed by atoms with Gasteiger partial charge in [-0.25, -0.2) is 0 Å². The lowest BCUT2D eigenvalue weighted by Gasteiger charge is -2.20. The Kier molecular flexibility index (Phi) is 5.84. The highest BCUT2D eigenvalue weighted by Crippen LogP contribution is 2.31. The Balaban J connectivity index is 2.17. The molecule has 0 spiro atoms. The third kappa shape index (κ3) is 5.01. The van der Waals surface area contributed by atoms with Gasteiger partial charge < -0.3 is 10.1 Å². The van der Waals surface area contributed by atoms with Gasteiger partial charge in [0.25, 0.3) is 0 Å². The fraction of sp³-hybridized carbons (Fsp3) is 0.278. The quantitative estimate of drug-likeness (QED) is 0.769. The van der Waals surface area contributed by atoms with Crippen LogP contribution >= 0.6 is 0 Å². The molecule has 1 atom stereocenters. The van der Waals surface area contributed by atoms with E-state index in [9.17, 15) is 18.0 Å². The fourth-order valence-electron chi connectivity index (χ4n) is 2.28. The molecule has 128 valence electrons. The van der Waals surface area contributed by atoms with Gasteiger partial charge in [0.2, 0.25) is 0 Å². The number of anilines is 1. The van der Waals surface area contributed by atoms with Crippen LogP contribution < -0.4 is 5.32 Å². The molecule has 2 rings (SSSR count). The Morgan fingerprint density at radius 2 is 1.71 bits per heavy atom. The van der Waals surface area contributed by atoms with Crippen molar-refractivity contribution in [2.45, 2.75) is 25.6 Å². The van der Waals surface area contributed by atoms with E-state index in [-0.39, 0.29) is 25.0 Å². The lowest BCUT2D eigenvalue weighted by Crippen LogP contribution is -2.17. The van der Waals surface area contributed by atoms with E-state index in [0.29, 0.717) is 5.69 Å². The van der Waals surface area contributed by atoms with Crippen LogP contribution in [0, 0.1) is 0 Å². The van der Waals surface area contributed by atoms with Crippen molar-refractivity contribution in [2.75, 3.05) is 11.9 Å². The molecule has 0 radical (unpaired) electrons. The molecule has 0 amide bonds. The first-order valence-electron chi connectivity index (χ1n) is 7.54. The predicted octanol–water partition coefficient (Wildman–Crippen LogP) is 4.81. The normalized spacial score (nSPS) is 12.5. The van der Waals surface area contributed by atoms with E-state index in [4.69, 9.17) is 4.74 Å². The molecule has 0 fully saturated rings. The van der Waals surface area contributed by atoms with Crippen LogP contribution in [0.4, 0.5) is 18.9 Å². The van der Waals surface area contributed by atoms with Crippen molar-refractivity contribution in [2.24, 2.45) is 0 Å². The third-order valence-electron chi connectivity index (χ3n) is 3.43. The number of carbonyl (C=O) groups excluding carboxylic acids is 1. The molecule has 2 aromatic rings. The number of hydrogen-bond acceptors (Lipinski definition) is 3. The molecule has 2 aromatic carbocycles. The average molecular weight is 337 g/mol. The molecule has 6 heteroatoms. The number of esters is 1. The molecular formula is C18H18F3NO2. The summed E-state index contributed by atoms with van der Waals surface area (Å²) in [4.78, 5) is 11.8. The molecule has 0 saturated heterocycles. The van der Waals surface area contributed by atoms with Crippen molar-refractivity contribution < 1.29 is 22.7 Å². The Morgan fingerprint density at radius 3 is 2.25 bits per heavy atom. The first-order valence-corrected chi connectivity index (χ1v) is 7.54. The van der Waals surface area contributed by atoms with E-state index >= 15 is 0 Å². The van der Waals surface area contributed by atoms with Crippen molar-refractivity contribution >= 4 is 11.7 Å². The standard InChI is InChI=1S/C18H18F3NO2/c1-2-24-17(23)12-16(13-6-4-3-5-7-13)22-15-10-8-14(9-11-15)18(19,20)21/h3-11,16,22H,2,12H2,1H3/t16-/m1/s1. The Morgan fingerprint density at radius 1 is 1.08 bits per heavy atom. The second-order valence-electron chi connectivity index (χ2n) is 5.19. The first kappa shape index (κ1) is 17.8. The molecule has 0 aromatic heterocycles. The molecule has 1 N–H and O–H groups in total. The summed E-state index contributed by atoms with van der Waals surface area (Å²) in [5.74, 6) is -0.370. The lowest BCUT2D eigenvalue weighted by molar-refractivity contribution is -0.143. The first-order chi connectivity index (χ1) is 11.4. The van der Waals surface area contributed by atoms with Crippen LogP contribution in [0.2, 0.25) is 0 Å². The zero-order valence-electron chi connectivity index (χ0n) is 13.1. The molecular weight excluding hydrogens is 319 g/mol. The van der Waals surface area contributed by atoms with Crippen molar-refractivity contribution in [3.05, 3.63) is 65.7 Å². The Bertz CT molecular complexity index is 654. The Hall–Kier alpha value is -2.50. The van der Waals surface area contributed by atoms with Gasteiger partial charge in [-0.3, -0.25) is 4.79 Å². The smallest absolute Gasteiger partial charge is 0.416 e. The van der Waals surface area contributed by atoms with E-state index in [0.717, 1.165) is 17.7 Å². The second-order valence-corrected chi connectivity index (χ2v) is 5.19. The molecule has 0 heterocycles. The minimum Gasteiger partial charge on any atom is -0.466 e. The zero-order valence-corrected chi connectivity index (χ0v) is 13.1. The van der Waals surface area contributed by atoms with Gasteiger partial charge in [-0.2, -0.15) is 13.2 Å². The van der Waals surface area contributed by atoms with Crippen LogP contribution in [0.1, 0.15) is 30.5 Å². The highest BCUT2D eigenvalue weighted by molar-refractivity contribution is 5.71. The minimum absolute atomic E-state index is 0.0822. The summed E-state index contributed by atoms with van der Waals surface area (Å²) in [6.45, 7) is 2.00. The van der Waals surface area contributed by atoms with Gasteiger partial charge in [0.05, 0.1) is 24.6 Å². The summed E-state index contributed by atoms with van der Waals surface area (Å²) < 4.78 is 42.8. The maximum absolute atomic E-state index is 12.6.